The van der Waals surface area contributed by atoms with E-state index in [0.717, 1.165) is 20.4 Å². The van der Waals surface area contributed by atoms with Crippen LogP contribution in [-0.2, 0) is 9.59 Å². The molecule has 1 saturated heterocycles. The lowest BCUT2D eigenvalue weighted by Crippen LogP contribution is -2.42. The monoisotopic (exact) mass is 450 g/mol. The average molecular weight is 451 g/mol. The summed E-state index contributed by atoms with van der Waals surface area (Å²) in [5, 5.41) is 9.97. The minimum absolute atomic E-state index is 0.0752. The second-order valence-electron chi connectivity index (χ2n) is 7.18. The Morgan fingerprint density at radius 3 is 2.48 bits per heavy atom. The highest BCUT2D eigenvalue weighted by molar-refractivity contribution is 7.12. The summed E-state index contributed by atoms with van der Waals surface area (Å²) in [7, 11) is 0. The maximum absolute atomic E-state index is 13.2. The molecule has 2 aliphatic rings. The van der Waals surface area contributed by atoms with Crippen molar-refractivity contribution in [2.45, 2.75) is 12.5 Å². The molecule has 0 radical (unpaired) electrons. The quantitative estimate of drug-likeness (QED) is 0.553. The molecule has 156 valence electrons. The molecule has 1 aromatic carbocycles. The fourth-order valence-corrected chi connectivity index (χ4v) is 5.28. The molecule has 0 spiro atoms. The van der Waals surface area contributed by atoms with Crippen molar-refractivity contribution in [2.24, 2.45) is 5.10 Å². The minimum Gasteiger partial charge on any atom is -0.285 e. The molecule has 4 heterocycles. The van der Waals surface area contributed by atoms with E-state index in [1.807, 2.05) is 41.1 Å². The van der Waals surface area contributed by atoms with Crippen molar-refractivity contribution in [3.8, 4) is 0 Å². The molecule has 0 bridgehead atoms. The third-order valence-electron chi connectivity index (χ3n) is 5.26. The van der Waals surface area contributed by atoms with E-state index >= 15 is 0 Å². The summed E-state index contributed by atoms with van der Waals surface area (Å²) in [6, 6.07) is 16.1. The highest BCUT2D eigenvalue weighted by Gasteiger charge is 2.41. The van der Waals surface area contributed by atoms with Crippen molar-refractivity contribution >= 4 is 51.9 Å². The molecule has 31 heavy (non-hydrogen) atoms. The van der Waals surface area contributed by atoms with Crippen LogP contribution in [0.2, 0.25) is 0 Å². The largest absolute Gasteiger partial charge is 0.332 e. The van der Waals surface area contributed by atoms with Crippen LogP contribution in [0.25, 0.3) is 0 Å². The van der Waals surface area contributed by atoms with E-state index in [-0.39, 0.29) is 25.0 Å². The molecule has 1 atom stereocenters. The van der Waals surface area contributed by atoms with Crippen LogP contribution >= 0.6 is 22.7 Å². The number of imide groups is 1. The second-order valence-corrected chi connectivity index (χ2v) is 9.11. The Labute approximate surface area is 186 Å². The van der Waals surface area contributed by atoms with Crippen LogP contribution in [0.3, 0.4) is 0 Å². The zero-order valence-corrected chi connectivity index (χ0v) is 18.0. The molecule has 4 amide bonds. The Morgan fingerprint density at radius 1 is 1.00 bits per heavy atom. The zero-order valence-electron chi connectivity index (χ0n) is 16.4. The van der Waals surface area contributed by atoms with Crippen molar-refractivity contribution in [1.82, 2.24) is 9.91 Å². The van der Waals surface area contributed by atoms with Gasteiger partial charge in [-0.2, -0.15) is 5.10 Å². The molecule has 2 aromatic heterocycles. The Hall–Kier alpha value is -3.30. The molecule has 9 heteroatoms. The third-order valence-corrected chi connectivity index (χ3v) is 7.15. The van der Waals surface area contributed by atoms with E-state index in [1.165, 1.54) is 9.91 Å². The van der Waals surface area contributed by atoms with Crippen LogP contribution in [-0.4, -0.2) is 46.6 Å². The summed E-state index contributed by atoms with van der Waals surface area (Å²) in [6.07, 6.45) is 0.602. The number of rotatable bonds is 5. The van der Waals surface area contributed by atoms with Gasteiger partial charge in [0.25, 0.3) is 11.8 Å². The summed E-state index contributed by atoms with van der Waals surface area (Å²) in [5.41, 5.74) is 1.47. The van der Waals surface area contributed by atoms with Gasteiger partial charge in [-0.05, 0) is 35.0 Å². The highest BCUT2D eigenvalue weighted by atomic mass is 32.1. The SMILES string of the molecule is O=C1CN(c2ccccc2)C(=O)N1CC(=O)N1N=C(c2cccs2)CC1c1cccs1. The molecule has 7 nitrogen and oxygen atoms in total. The molecule has 3 aromatic rings. The summed E-state index contributed by atoms with van der Waals surface area (Å²) >= 11 is 3.14. The van der Waals surface area contributed by atoms with E-state index in [9.17, 15) is 14.4 Å². The molecule has 0 N–H and O–H groups in total. The summed E-state index contributed by atoms with van der Waals surface area (Å²) in [5.74, 6) is -0.766. The van der Waals surface area contributed by atoms with Crippen LogP contribution in [0.15, 0.2) is 70.5 Å². The number of carbonyl (C=O) groups is 3. The molecule has 5 rings (SSSR count). The number of para-hydroxylation sites is 1. The van der Waals surface area contributed by atoms with Gasteiger partial charge in [0.15, 0.2) is 0 Å². The van der Waals surface area contributed by atoms with Crippen LogP contribution in [0.4, 0.5) is 10.5 Å². The number of carbonyl (C=O) groups excluding carboxylic acids is 3. The lowest BCUT2D eigenvalue weighted by atomic mass is 10.1. The first kappa shape index (κ1) is 19.7. The Balaban J connectivity index is 1.38. The molecule has 1 fully saturated rings. The number of nitrogens with zero attached hydrogens (tertiary/aromatic N) is 4. The number of benzene rings is 1. The Bertz CT molecular complexity index is 1140. The van der Waals surface area contributed by atoms with Crippen LogP contribution < -0.4 is 4.90 Å². The predicted octanol–water partition coefficient (Wildman–Crippen LogP) is 3.96. The van der Waals surface area contributed by atoms with E-state index in [1.54, 1.807) is 46.9 Å². The van der Waals surface area contributed by atoms with Crippen LogP contribution in [0.5, 0.6) is 0 Å². The smallest absolute Gasteiger partial charge is 0.285 e. The molecular weight excluding hydrogens is 432 g/mol. The number of hydrazone groups is 1. The lowest BCUT2D eigenvalue weighted by molar-refractivity contribution is -0.137. The van der Waals surface area contributed by atoms with Gasteiger partial charge in [-0.3, -0.25) is 19.4 Å². The molecule has 0 saturated carbocycles. The van der Waals surface area contributed by atoms with Gasteiger partial charge in [-0.1, -0.05) is 30.3 Å². The maximum atomic E-state index is 13.2. The van der Waals surface area contributed by atoms with Gasteiger partial charge in [-0.15, -0.1) is 22.7 Å². The van der Waals surface area contributed by atoms with E-state index in [2.05, 4.69) is 5.10 Å². The van der Waals surface area contributed by atoms with E-state index in [4.69, 9.17) is 0 Å². The topological polar surface area (TPSA) is 73.3 Å². The first-order valence-corrected chi connectivity index (χ1v) is 11.5. The van der Waals surface area contributed by atoms with E-state index < -0.39 is 11.9 Å². The van der Waals surface area contributed by atoms with Gasteiger partial charge < -0.3 is 0 Å². The van der Waals surface area contributed by atoms with Gasteiger partial charge in [0, 0.05) is 17.0 Å². The minimum atomic E-state index is -0.487. The van der Waals surface area contributed by atoms with Crippen molar-refractivity contribution in [3.63, 3.8) is 0 Å². The average Bonchev–Trinajstić information content (AvgIpc) is 3.57. The Morgan fingerprint density at radius 2 is 1.77 bits per heavy atom. The van der Waals surface area contributed by atoms with Gasteiger partial charge in [0.2, 0.25) is 0 Å². The fourth-order valence-electron chi connectivity index (χ4n) is 3.75. The van der Waals surface area contributed by atoms with Gasteiger partial charge in [0.1, 0.15) is 13.1 Å². The molecular formula is C22H18N4O3S2. The van der Waals surface area contributed by atoms with Crippen molar-refractivity contribution in [3.05, 3.63) is 75.1 Å². The summed E-state index contributed by atoms with van der Waals surface area (Å²) < 4.78 is 0. The predicted molar refractivity (Wildman–Crippen MR) is 120 cm³/mol. The zero-order chi connectivity index (χ0) is 21.4. The van der Waals surface area contributed by atoms with Crippen molar-refractivity contribution < 1.29 is 14.4 Å². The maximum Gasteiger partial charge on any atom is 0.332 e. The first-order chi connectivity index (χ1) is 15.1. The number of urea groups is 1. The Kier molecular flexibility index (Phi) is 5.13. The van der Waals surface area contributed by atoms with Gasteiger partial charge in [0.05, 0.1) is 16.6 Å². The number of anilines is 1. The highest BCUT2D eigenvalue weighted by Crippen LogP contribution is 2.36. The standard InChI is InChI=1S/C22H18N4O3S2/c27-20-13-24(15-6-2-1-3-7-15)22(29)25(20)14-21(28)26-17(19-9-5-11-31-19)12-16(23-26)18-8-4-10-30-18/h1-11,17H,12-14H2. The van der Waals surface area contributed by atoms with Crippen LogP contribution in [0.1, 0.15) is 22.2 Å². The second kappa shape index (κ2) is 8.09. The van der Waals surface area contributed by atoms with Crippen LogP contribution in [0, 0.1) is 0 Å². The normalized spacial score (nSPS) is 18.8. The fraction of sp³-hybridized carbons (Fsp3) is 0.182. The number of amides is 4. The number of hydrogen-bond acceptors (Lipinski definition) is 6. The summed E-state index contributed by atoms with van der Waals surface area (Å²) in [4.78, 5) is 43.1. The van der Waals surface area contributed by atoms with Crippen molar-refractivity contribution in [2.75, 3.05) is 18.0 Å². The lowest BCUT2D eigenvalue weighted by Gasteiger charge is -2.23. The first-order valence-electron chi connectivity index (χ1n) is 9.75. The molecule has 0 aliphatic carbocycles. The molecule has 2 aliphatic heterocycles. The number of thiophene rings is 2. The van der Waals surface area contributed by atoms with Gasteiger partial charge in [-0.25, -0.2) is 9.80 Å². The third kappa shape index (κ3) is 3.66. The summed E-state index contributed by atoms with van der Waals surface area (Å²) in [6.45, 7) is -0.404. The molecule has 1 unspecified atom stereocenters. The van der Waals surface area contributed by atoms with Crippen molar-refractivity contribution in [1.29, 1.82) is 0 Å². The number of hydrogen-bond donors (Lipinski definition) is 0. The van der Waals surface area contributed by atoms with Gasteiger partial charge >= 0.3 is 6.03 Å². The van der Waals surface area contributed by atoms with E-state index in [0.29, 0.717) is 12.1 Å².